The van der Waals surface area contributed by atoms with Crippen molar-refractivity contribution in [3.63, 3.8) is 0 Å². The Balaban J connectivity index is 1.93. The number of rotatable bonds is 5. The first-order valence-corrected chi connectivity index (χ1v) is 7.03. The molecule has 2 amide bonds. The maximum atomic E-state index is 12.2. The average molecular weight is 275 g/mol. The maximum absolute atomic E-state index is 12.2. The first kappa shape index (κ1) is 14.5. The van der Waals surface area contributed by atoms with Crippen LogP contribution in [0.1, 0.15) is 18.4 Å². The monoisotopic (exact) mass is 275 g/mol. The van der Waals surface area contributed by atoms with Crippen molar-refractivity contribution in [3.05, 3.63) is 35.9 Å². The van der Waals surface area contributed by atoms with Crippen molar-refractivity contribution in [2.24, 2.45) is 11.7 Å². The SMILES string of the molecule is NCC(Cc1ccccc1)C(=O)NC1CCCNC1=O. The van der Waals surface area contributed by atoms with Gasteiger partial charge in [0, 0.05) is 13.1 Å². The van der Waals surface area contributed by atoms with Crippen LogP contribution in [0.4, 0.5) is 0 Å². The normalized spacial score (nSPS) is 20.1. The molecule has 4 N–H and O–H groups in total. The van der Waals surface area contributed by atoms with E-state index in [1.807, 2.05) is 30.3 Å². The van der Waals surface area contributed by atoms with E-state index in [0.29, 0.717) is 19.4 Å². The molecule has 1 aliphatic heterocycles. The standard InChI is InChI=1S/C15H21N3O2/c16-10-12(9-11-5-2-1-3-6-11)14(19)18-13-7-4-8-17-15(13)20/h1-3,5-6,12-13H,4,7-10,16H2,(H,17,20)(H,18,19). The summed E-state index contributed by atoms with van der Waals surface area (Å²) >= 11 is 0. The molecule has 20 heavy (non-hydrogen) atoms. The Morgan fingerprint density at radius 3 is 2.80 bits per heavy atom. The summed E-state index contributed by atoms with van der Waals surface area (Å²) < 4.78 is 0. The fraction of sp³-hybridized carbons (Fsp3) is 0.467. The van der Waals surface area contributed by atoms with Crippen LogP contribution in [-0.4, -0.2) is 30.9 Å². The highest BCUT2D eigenvalue weighted by molar-refractivity contribution is 5.89. The van der Waals surface area contributed by atoms with Gasteiger partial charge in [-0.1, -0.05) is 30.3 Å². The van der Waals surface area contributed by atoms with Crippen molar-refractivity contribution < 1.29 is 9.59 Å². The number of carbonyl (C=O) groups excluding carboxylic acids is 2. The lowest BCUT2D eigenvalue weighted by molar-refractivity contribution is -0.131. The Hall–Kier alpha value is -1.88. The number of hydrogen-bond donors (Lipinski definition) is 3. The smallest absolute Gasteiger partial charge is 0.242 e. The summed E-state index contributed by atoms with van der Waals surface area (Å²) in [7, 11) is 0. The predicted molar refractivity (Wildman–Crippen MR) is 76.9 cm³/mol. The van der Waals surface area contributed by atoms with E-state index < -0.39 is 6.04 Å². The van der Waals surface area contributed by atoms with Gasteiger partial charge in [0.05, 0.1) is 5.92 Å². The number of carbonyl (C=O) groups is 2. The topological polar surface area (TPSA) is 84.2 Å². The third kappa shape index (κ3) is 3.81. The van der Waals surface area contributed by atoms with Gasteiger partial charge in [-0.3, -0.25) is 9.59 Å². The Morgan fingerprint density at radius 1 is 1.40 bits per heavy atom. The molecule has 2 rings (SSSR count). The highest BCUT2D eigenvalue weighted by atomic mass is 16.2. The van der Waals surface area contributed by atoms with Crippen molar-refractivity contribution in [2.75, 3.05) is 13.1 Å². The van der Waals surface area contributed by atoms with Gasteiger partial charge in [0.1, 0.15) is 6.04 Å². The van der Waals surface area contributed by atoms with Crippen LogP contribution in [0.2, 0.25) is 0 Å². The lowest BCUT2D eigenvalue weighted by Gasteiger charge is -2.25. The Kier molecular flexibility index (Phi) is 5.12. The summed E-state index contributed by atoms with van der Waals surface area (Å²) in [6.45, 7) is 0.963. The molecule has 0 bridgehead atoms. The molecule has 1 aromatic rings. The minimum atomic E-state index is -0.416. The molecule has 108 valence electrons. The summed E-state index contributed by atoms with van der Waals surface area (Å²) in [5.41, 5.74) is 6.78. The summed E-state index contributed by atoms with van der Waals surface area (Å²) in [6, 6.07) is 9.35. The zero-order valence-electron chi connectivity index (χ0n) is 11.5. The molecule has 0 saturated carbocycles. The summed E-state index contributed by atoms with van der Waals surface area (Å²) in [6.07, 6.45) is 2.18. The second-order valence-corrected chi connectivity index (χ2v) is 5.12. The highest BCUT2D eigenvalue weighted by Crippen LogP contribution is 2.10. The lowest BCUT2D eigenvalue weighted by Crippen LogP contribution is -2.52. The van der Waals surface area contributed by atoms with Crippen molar-refractivity contribution >= 4 is 11.8 Å². The van der Waals surface area contributed by atoms with Crippen LogP contribution in [0.25, 0.3) is 0 Å². The van der Waals surface area contributed by atoms with E-state index >= 15 is 0 Å². The summed E-state index contributed by atoms with van der Waals surface area (Å²) in [4.78, 5) is 23.9. The van der Waals surface area contributed by atoms with E-state index in [4.69, 9.17) is 5.73 Å². The second-order valence-electron chi connectivity index (χ2n) is 5.12. The molecule has 0 radical (unpaired) electrons. The lowest BCUT2D eigenvalue weighted by atomic mass is 9.97. The number of piperidine rings is 1. The van der Waals surface area contributed by atoms with Crippen LogP contribution in [-0.2, 0) is 16.0 Å². The fourth-order valence-corrected chi connectivity index (χ4v) is 2.38. The van der Waals surface area contributed by atoms with E-state index in [-0.39, 0.29) is 24.3 Å². The zero-order valence-corrected chi connectivity index (χ0v) is 11.5. The molecule has 0 spiro atoms. The van der Waals surface area contributed by atoms with E-state index in [1.54, 1.807) is 0 Å². The molecular formula is C15H21N3O2. The van der Waals surface area contributed by atoms with Gasteiger partial charge < -0.3 is 16.4 Å². The van der Waals surface area contributed by atoms with Gasteiger partial charge in [0.15, 0.2) is 0 Å². The molecule has 1 heterocycles. The molecule has 5 heteroatoms. The number of hydrogen-bond acceptors (Lipinski definition) is 3. The quantitative estimate of drug-likeness (QED) is 0.717. The summed E-state index contributed by atoms with van der Waals surface area (Å²) in [5, 5.41) is 5.57. The van der Waals surface area contributed by atoms with Gasteiger partial charge in [0.25, 0.3) is 0 Å². The third-order valence-corrected chi connectivity index (χ3v) is 3.58. The second kappa shape index (κ2) is 7.05. The Bertz CT molecular complexity index is 461. The molecule has 1 saturated heterocycles. The minimum Gasteiger partial charge on any atom is -0.354 e. The van der Waals surface area contributed by atoms with Gasteiger partial charge >= 0.3 is 0 Å². The molecule has 0 aromatic heterocycles. The fourth-order valence-electron chi connectivity index (χ4n) is 2.38. The molecule has 5 nitrogen and oxygen atoms in total. The molecule has 2 atom stereocenters. The van der Waals surface area contributed by atoms with Crippen molar-refractivity contribution in [2.45, 2.75) is 25.3 Å². The van der Waals surface area contributed by atoms with E-state index in [2.05, 4.69) is 10.6 Å². The largest absolute Gasteiger partial charge is 0.354 e. The number of nitrogens with two attached hydrogens (primary N) is 1. The van der Waals surface area contributed by atoms with Crippen LogP contribution in [0.3, 0.4) is 0 Å². The number of nitrogens with one attached hydrogen (secondary N) is 2. The van der Waals surface area contributed by atoms with Gasteiger partial charge in [-0.25, -0.2) is 0 Å². The molecule has 2 unspecified atom stereocenters. The third-order valence-electron chi connectivity index (χ3n) is 3.58. The van der Waals surface area contributed by atoms with Gasteiger partial charge in [0.2, 0.25) is 11.8 Å². The van der Waals surface area contributed by atoms with Crippen molar-refractivity contribution in [1.82, 2.24) is 10.6 Å². The van der Waals surface area contributed by atoms with Gasteiger partial charge in [-0.15, -0.1) is 0 Å². The van der Waals surface area contributed by atoms with Crippen LogP contribution in [0, 0.1) is 5.92 Å². The molecule has 1 fully saturated rings. The van der Waals surface area contributed by atoms with Gasteiger partial charge in [-0.05, 0) is 24.8 Å². The highest BCUT2D eigenvalue weighted by Gasteiger charge is 2.26. The minimum absolute atomic E-state index is 0.0971. The predicted octanol–water partition coefficient (Wildman–Crippen LogP) is 0.199. The molecule has 1 aromatic carbocycles. The van der Waals surface area contributed by atoms with Crippen molar-refractivity contribution in [3.8, 4) is 0 Å². The van der Waals surface area contributed by atoms with E-state index in [1.165, 1.54) is 0 Å². The summed E-state index contributed by atoms with van der Waals surface area (Å²) in [5.74, 6) is -0.536. The van der Waals surface area contributed by atoms with E-state index in [9.17, 15) is 9.59 Å². The Labute approximate surface area is 118 Å². The molecular weight excluding hydrogens is 254 g/mol. The van der Waals surface area contributed by atoms with Gasteiger partial charge in [-0.2, -0.15) is 0 Å². The first-order valence-electron chi connectivity index (χ1n) is 7.03. The zero-order chi connectivity index (χ0) is 14.4. The van der Waals surface area contributed by atoms with Crippen molar-refractivity contribution in [1.29, 1.82) is 0 Å². The number of amides is 2. The molecule has 1 aliphatic rings. The Morgan fingerprint density at radius 2 is 2.15 bits per heavy atom. The first-order chi connectivity index (χ1) is 9.70. The number of benzene rings is 1. The van der Waals surface area contributed by atoms with E-state index in [0.717, 1.165) is 12.0 Å². The van der Waals surface area contributed by atoms with Crippen LogP contribution in [0.15, 0.2) is 30.3 Å². The van der Waals surface area contributed by atoms with Crippen LogP contribution >= 0.6 is 0 Å². The average Bonchev–Trinajstić information content (AvgIpc) is 2.48. The molecule has 0 aliphatic carbocycles. The van der Waals surface area contributed by atoms with Crippen LogP contribution in [0.5, 0.6) is 0 Å². The maximum Gasteiger partial charge on any atom is 0.242 e. The van der Waals surface area contributed by atoms with Crippen LogP contribution < -0.4 is 16.4 Å².